The standard InChI is InChI=1S/C12H11BrO2/c1-9(14)8-12(15)7-4-10-2-5-11(13)6-3-10/h2-8,15H,1H3/b7-4+,12-8-. The molecule has 0 spiro atoms. The number of ketones is 1. The van der Waals surface area contributed by atoms with Crippen LogP contribution in [0.15, 0.2) is 46.6 Å². The van der Waals surface area contributed by atoms with E-state index in [0.717, 1.165) is 10.0 Å². The van der Waals surface area contributed by atoms with Gasteiger partial charge in [-0.15, -0.1) is 0 Å². The number of benzene rings is 1. The highest BCUT2D eigenvalue weighted by atomic mass is 79.9. The molecule has 0 aliphatic heterocycles. The van der Waals surface area contributed by atoms with Crippen molar-refractivity contribution in [1.29, 1.82) is 0 Å². The van der Waals surface area contributed by atoms with Gasteiger partial charge in [0.15, 0.2) is 5.78 Å². The zero-order chi connectivity index (χ0) is 11.3. The van der Waals surface area contributed by atoms with Crippen LogP contribution in [0.5, 0.6) is 0 Å². The summed E-state index contributed by atoms with van der Waals surface area (Å²) in [4.78, 5) is 10.6. The predicted molar refractivity (Wildman–Crippen MR) is 64.6 cm³/mol. The van der Waals surface area contributed by atoms with E-state index in [0.29, 0.717) is 0 Å². The van der Waals surface area contributed by atoms with Crippen molar-refractivity contribution in [2.75, 3.05) is 0 Å². The maximum Gasteiger partial charge on any atom is 0.156 e. The highest BCUT2D eigenvalue weighted by Crippen LogP contribution is 2.11. The van der Waals surface area contributed by atoms with Crippen LogP contribution in [0, 0.1) is 0 Å². The van der Waals surface area contributed by atoms with Gasteiger partial charge in [0, 0.05) is 10.5 Å². The second-order valence-corrected chi connectivity index (χ2v) is 3.98. The van der Waals surface area contributed by atoms with Crippen molar-refractivity contribution in [3.8, 4) is 0 Å². The van der Waals surface area contributed by atoms with Gasteiger partial charge in [-0.2, -0.15) is 0 Å². The normalized spacial score (nSPS) is 12.0. The summed E-state index contributed by atoms with van der Waals surface area (Å²) in [6, 6.07) is 7.63. The fourth-order valence-corrected chi connectivity index (χ4v) is 1.28. The van der Waals surface area contributed by atoms with Gasteiger partial charge >= 0.3 is 0 Å². The highest BCUT2D eigenvalue weighted by Gasteiger charge is 1.91. The maximum absolute atomic E-state index is 10.6. The molecule has 0 aliphatic rings. The summed E-state index contributed by atoms with van der Waals surface area (Å²) >= 11 is 3.33. The maximum atomic E-state index is 10.6. The first-order valence-corrected chi connectivity index (χ1v) is 5.22. The van der Waals surface area contributed by atoms with Gasteiger partial charge in [0.2, 0.25) is 0 Å². The molecule has 0 aliphatic carbocycles. The van der Waals surface area contributed by atoms with Crippen molar-refractivity contribution < 1.29 is 9.90 Å². The van der Waals surface area contributed by atoms with Crippen LogP contribution in [0.3, 0.4) is 0 Å². The lowest BCUT2D eigenvalue weighted by molar-refractivity contribution is -0.112. The van der Waals surface area contributed by atoms with E-state index in [1.54, 1.807) is 6.08 Å². The minimum absolute atomic E-state index is 0.0366. The number of hydrogen-bond acceptors (Lipinski definition) is 2. The molecule has 78 valence electrons. The van der Waals surface area contributed by atoms with Gasteiger partial charge in [0.1, 0.15) is 5.76 Å². The van der Waals surface area contributed by atoms with Crippen LogP contribution in [-0.4, -0.2) is 10.9 Å². The number of aliphatic hydroxyl groups excluding tert-OH is 1. The quantitative estimate of drug-likeness (QED) is 0.517. The number of hydrogen-bond donors (Lipinski definition) is 1. The summed E-state index contributed by atoms with van der Waals surface area (Å²) in [6.45, 7) is 1.39. The van der Waals surface area contributed by atoms with Gasteiger partial charge in [-0.1, -0.05) is 34.1 Å². The summed E-state index contributed by atoms with van der Waals surface area (Å²) < 4.78 is 1.00. The Morgan fingerprint density at radius 3 is 2.47 bits per heavy atom. The summed E-state index contributed by atoms with van der Waals surface area (Å²) in [6.07, 6.45) is 4.40. The molecule has 2 nitrogen and oxygen atoms in total. The molecule has 15 heavy (non-hydrogen) atoms. The van der Waals surface area contributed by atoms with Gasteiger partial charge in [-0.05, 0) is 30.7 Å². The van der Waals surface area contributed by atoms with Crippen molar-refractivity contribution in [1.82, 2.24) is 0 Å². The second-order valence-electron chi connectivity index (χ2n) is 3.06. The van der Waals surface area contributed by atoms with E-state index >= 15 is 0 Å². The van der Waals surface area contributed by atoms with Crippen LogP contribution in [0.1, 0.15) is 12.5 Å². The third kappa shape index (κ3) is 4.61. The minimum atomic E-state index is -0.173. The van der Waals surface area contributed by atoms with Gasteiger partial charge in [0.05, 0.1) is 0 Å². The van der Waals surface area contributed by atoms with Crippen LogP contribution in [0.4, 0.5) is 0 Å². The van der Waals surface area contributed by atoms with Crippen LogP contribution in [-0.2, 0) is 4.79 Å². The summed E-state index contributed by atoms with van der Waals surface area (Å²) in [5, 5.41) is 9.28. The fraction of sp³-hybridized carbons (Fsp3) is 0.0833. The van der Waals surface area contributed by atoms with E-state index in [1.807, 2.05) is 24.3 Å². The van der Waals surface area contributed by atoms with Crippen molar-refractivity contribution >= 4 is 27.8 Å². The molecule has 1 N–H and O–H groups in total. The number of carbonyl (C=O) groups is 1. The molecule has 0 saturated heterocycles. The Bertz CT molecular complexity index is 402. The smallest absolute Gasteiger partial charge is 0.156 e. The molecule has 0 radical (unpaired) electrons. The van der Waals surface area contributed by atoms with Gasteiger partial charge in [-0.3, -0.25) is 4.79 Å². The van der Waals surface area contributed by atoms with Gasteiger partial charge < -0.3 is 5.11 Å². The molecular weight excluding hydrogens is 256 g/mol. The molecular formula is C12H11BrO2. The second kappa shape index (κ2) is 5.51. The number of carbonyl (C=O) groups excluding carboxylic acids is 1. The van der Waals surface area contributed by atoms with Crippen LogP contribution >= 0.6 is 15.9 Å². The SMILES string of the molecule is CC(=O)/C=C(O)/C=C/c1ccc(Br)cc1. The first-order valence-electron chi connectivity index (χ1n) is 4.43. The summed E-state index contributed by atoms with van der Waals surface area (Å²) in [7, 11) is 0. The first-order chi connectivity index (χ1) is 7.08. The van der Waals surface area contributed by atoms with Crippen molar-refractivity contribution in [2.24, 2.45) is 0 Å². The Morgan fingerprint density at radius 2 is 1.93 bits per heavy atom. The molecule has 1 aromatic carbocycles. The number of allylic oxidation sites excluding steroid dienone is 2. The lowest BCUT2D eigenvalue weighted by atomic mass is 10.2. The van der Waals surface area contributed by atoms with E-state index in [4.69, 9.17) is 0 Å². The molecule has 0 fully saturated rings. The average Bonchev–Trinajstić information content (AvgIpc) is 2.16. The lowest BCUT2D eigenvalue weighted by Gasteiger charge is -1.93. The molecule has 0 heterocycles. The van der Waals surface area contributed by atoms with Crippen LogP contribution in [0.2, 0.25) is 0 Å². The number of aliphatic hydroxyl groups is 1. The Kier molecular flexibility index (Phi) is 4.31. The Morgan fingerprint density at radius 1 is 1.33 bits per heavy atom. The fourth-order valence-electron chi connectivity index (χ4n) is 1.01. The zero-order valence-electron chi connectivity index (χ0n) is 8.27. The molecule has 0 unspecified atom stereocenters. The molecule has 0 amide bonds. The molecule has 0 saturated carbocycles. The Balaban J connectivity index is 2.73. The highest BCUT2D eigenvalue weighted by molar-refractivity contribution is 9.10. The monoisotopic (exact) mass is 266 g/mol. The summed E-state index contributed by atoms with van der Waals surface area (Å²) in [5.41, 5.74) is 0.960. The molecule has 3 heteroatoms. The van der Waals surface area contributed by atoms with Gasteiger partial charge in [0.25, 0.3) is 0 Å². The topological polar surface area (TPSA) is 37.3 Å². The van der Waals surface area contributed by atoms with E-state index in [9.17, 15) is 9.90 Å². The molecule has 1 aromatic rings. The summed E-state index contributed by atoms with van der Waals surface area (Å²) in [5.74, 6) is -0.210. The number of halogens is 1. The first kappa shape index (κ1) is 11.7. The van der Waals surface area contributed by atoms with E-state index < -0.39 is 0 Å². The third-order valence-corrected chi connectivity index (χ3v) is 2.20. The zero-order valence-corrected chi connectivity index (χ0v) is 9.86. The number of rotatable bonds is 3. The molecule has 0 bridgehead atoms. The van der Waals surface area contributed by atoms with E-state index in [2.05, 4.69) is 15.9 Å². The predicted octanol–water partition coefficient (Wildman–Crippen LogP) is 3.49. The molecule has 1 rings (SSSR count). The largest absolute Gasteiger partial charge is 0.508 e. The van der Waals surface area contributed by atoms with Crippen molar-refractivity contribution in [2.45, 2.75) is 6.92 Å². The van der Waals surface area contributed by atoms with Crippen LogP contribution in [0.25, 0.3) is 6.08 Å². The average molecular weight is 267 g/mol. The molecule has 0 aromatic heterocycles. The van der Waals surface area contributed by atoms with E-state index in [1.165, 1.54) is 19.1 Å². The Hall–Kier alpha value is -1.35. The molecule has 0 atom stereocenters. The van der Waals surface area contributed by atoms with Crippen LogP contribution < -0.4 is 0 Å². The van der Waals surface area contributed by atoms with E-state index in [-0.39, 0.29) is 11.5 Å². The lowest BCUT2D eigenvalue weighted by Crippen LogP contribution is -1.84. The minimum Gasteiger partial charge on any atom is -0.508 e. The van der Waals surface area contributed by atoms with Crippen molar-refractivity contribution in [3.63, 3.8) is 0 Å². The van der Waals surface area contributed by atoms with Gasteiger partial charge in [-0.25, -0.2) is 0 Å². The Labute approximate surface area is 97.1 Å². The third-order valence-electron chi connectivity index (χ3n) is 1.67. The van der Waals surface area contributed by atoms with Crippen molar-refractivity contribution in [3.05, 3.63) is 52.2 Å².